The van der Waals surface area contributed by atoms with Gasteiger partial charge < -0.3 is 10.2 Å². The largest absolute Gasteiger partial charge is 0.508 e. The van der Waals surface area contributed by atoms with Crippen molar-refractivity contribution in [2.45, 2.75) is 12.8 Å². The van der Waals surface area contributed by atoms with Crippen LogP contribution in [0.5, 0.6) is 5.75 Å². The smallest absolute Gasteiger partial charge is 0.303 e. The lowest BCUT2D eigenvalue weighted by Gasteiger charge is -2.02. The molecule has 0 saturated heterocycles. The molecule has 0 aliphatic rings. The fourth-order valence-corrected chi connectivity index (χ4v) is 1.82. The number of aryl methyl sites for hydroxylation is 1. The molecule has 1 heterocycles. The second-order valence-electron chi connectivity index (χ2n) is 4.33. The topological polar surface area (TPSA) is 121 Å². The van der Waals surface area contributed by atoms with Crippen molar-refractivity contribution in [3.8, 4) is 5.75 Å². The van der Waals surface area contributed by atoms with Crippen molar-refractivity contribution < 1.29 is 15.0 Å². The van der Waals surface area contributed by atoms with Gasteiger partial charge in [0, 0.05) is 6.42 Å². The third kappa shape index (κ3) is 3.85. The molecule has 0 radical (unpaired) electrons. The van der Waals surface area contributed by atoms with E-state index < -0.39 is 11.5 Å². The van der Waals surface area contributed by atoms with E-state index in [0.29, 0.717) is 5.56 Å². The SMILES string of the molecule is O=C(O)CCc1n[nH]c(=S)n(/N=C\c2cccc(O)c2)c1=O. The Morgan fingerprint density at radius 2 is 2.27 bits per heavy atom. The van der Waals surface area contributed by atoms with Gasteiger partial charge in [-0.2, -0.15) is 14.9 Å². The molecule has 2 rings (SSSR count). The Balaban J connectivity index is 2.34. The summed E-state index contributed by atoms with van der Waals surface area (Å²) in [5.74, 6) is -0.961. The van der Waals surface area contributed by atoms with Gasteiger partial charge in [-0.15, -0.1) is 0 Å². The number of carbonyl (C=O) groups is 1. The predicted molar refractivity (Wildman–Crippen MR) is 80.7 cm³/mol. The first-order valence-electron chi connectivity index (χ1n) is 6.23. The third-order valence-electron chi connectivity index (χ3n) is 2.69. The average Bonchev–Trinajstić information content (AvgIpc) is 2.46. The molecule has 0 aliphatic carbocycles. The number of aromatic nitrogens is 3. The summed E-state index contributed by atoms with van der Waals surface area (Å²) in [4.78, 5) is 22.7. The molecule has 3 N–H and O–H groups in total. The second-order valence-corrected chi connectivity index (χ2v) is 4.71. The van der Waals surface area contributed by atoms with E-state index in [1.807, 2.05) is 0 Å². The van der Waals surface area contributed by atoms with E-state index in [1.54, 1.807) is 12.1 Å². The van der Waals surface area contributed by atoms with Crippen LogP contribution in [0.1, 0.15) is 17.7 Å². The molecule has 9 heteroatoms. The number of hydrogen-bond acceptors (Lipinski definition) is 6. The Hall–Kier alpha value is -2.81. The van der Waals surface area contributed by atoms with Gasteiger partial charge in [0.05, 0.1) is 12.6 Å². The molecule has 2 aromatic rings. The van der Waals surface area contributed by atoms with E-state index >= 15 is 0 Å². The molecule has 114 valence electrons. The van der Waals surface area contributed by atoms with Gasteiger partial charge in [0.25, 0.3) is 5.56 Å². The average molecular weight is 320 g/mol. The van der Waals surface area contributed by atoms with Crippen LogP contribution in [0.2, 0.25) is 0 Å². The molecule has 0 fully saturated rings. The van der Waals surface area contributed by atoms with Crippen molar-refractivity contribution in [2.24, 2.45) is 5.10 Å². The first kappa shape index (κ1) is 15.6. The lowest BCUT2D eigenvalue weighted by molar-refractivity contribution is -0.136. The molecule has 0 atom stereocenters. The van der Waals surface area contributed by atoms with Crippen molar-refractivity contribution in [1.82, 2.24) is 14.9 Å². The van der Waals surface area contributed by atoms with Gasteiger partial charge >= 0.3 is 5.97 Å². The fraction of sp³-hybridized carbons (Fsp3) is 0.154. The van der Waals surface area contributed by atoms with Crippen LogP contribution in [0.15, 0.2) is 34.2 Å². The van der Waals surface area contributed by atoms with Gasteiger partial charge in [-0.05, 0) is 29.9 Å². The van der Waals surface area contributed by atoms with Gasteiger partial charge in [0.15, 0.2) is 0 Å². The van der Waals surface area contributed by atoms with E-state index in [9.17, 15) is 14.7 Å². The van der Waals surface area contributed by atoms with Crippen LogP contribution in [0.4, 0.5) is 0 Å². The van der Waals surface area contributed by atoms with E-state index in [1.165, 1.54) is 18.3 Å². The second kappa shape index (κ2) is 6.76. The highest BCUT2D eigenvalue weighted by Gasteiger charge is 2.08. The number of aliphatic carboxylic acids is 1. The molecule has 1 aromatic heterocycles. The Morgan fingerprint density at radius 3 is 2.95 bits per heavy atom. The summed E-state index contributed by atoms with van der Waals surface area (Å²) in [5, 5.41) is 28.2. The van der Waals surface area contributed by atoms with Crippen LogP contribution in [0.3, 0.4) is 0 Å². The molecular formula is C13H12N4O4S. The normalized spacial score (nSPS) is 10.9. The standard InChI is InChI=1S/C13H12N4O4S/c18-9-3-1-2-8(6-9)7-14-17-12(21)10(4-5-11(19)20)15-16-13(17)22/h1-3,6-7,18H,4-5H2,(H,16,22)(H,19,20)/b14-7-. The van der Waals surface area contributed by atoms with Crippen LogP contribution in [0.25, 0.3) is 0 Å². The Kier molecular flexibility index (Phi) is 4.79. The quantitative estimate of drug-likeness (QED) is 0.556. The van der Waals surface area contributed by atoms with E-state index in [0.717, 1.165) is 4.68 Å². The summed E-state index contributed by atoms with van der Waals surface area (Å²) >= 11 is 4.94. The van der Waals surface area contributed by atoms with E-state index in [2.05, 4.69) is 15.3 Å². The minimum atomic E-state index is -1.03. The molecule has 0 spiro atoms. The van der Waals surface area contributed by atoms with Gasteiger partial charge in [0.1, 0.15) is 11.4 Å². The monoisotopic (exact) mass is 320 g/mol. The zero-order valence-corrected chi connectivity index (χ0v) is 12.1. The van der Waals surface area contributed by atoms with Crippen LogP contribution >= 0.6 is 12.2 Å². The third-order valence-corrected chi connectivity index (χ3v) is 2.95. The number of phenols is 1. The van der Waals surface area contributed by atoms with Gasteiger partial charge in [-0.25, -0.2) is 0 Å². The van der Waals surface area contributed by atoms with Crippen molar-refractivity contribution in [3.63, 3.8) is 0 Å². The Morgan fingerprint density at radius 1 is 1.50 bits per heavy atom. The molecule has 0 unspecified atom stereocenters. The first-order valence-corrected chi connectivity index (χ1v) is 6.64. The highest BCUT2D eigenvalue weighted by Crippen LogP contribution is 2.08. The summed E-state index contributed by atoms with van der Waals surface area (Å²) in [6.07, 6.45) is 1.11. The molecule has 1 aromatic carbocycles. The fourth-order valence-electron chi connectivity index (χ4n) is 1.65. The number of carboxylic acids is 1. The number of rotatable bonds is 5. The van der Waals surface area contributed by atoms with E-state index in [-0.39, 0.29) is 29.1 Å². The van der Waals surface area contributed by atoms with Crippen molar-refractivity contribution in [1.29, 1.82) is 0 Å². The lowest BCUT2D eigenvalue weighted by Crippen LogP contribution is -2.25. The minimum absolute atomic E-state index is 0.0134. The van der Waals surface area contributed by atoms with E-state index in [4.69, 9.17) is 17.3 Å². The molecule has 0 saturated carbocycles. The van der Waals surface area contributed by atoms with Crippen molar-refractivity contribution in [3.05, 3.63) is 50.6 Å². The van der Waals surface area contributed by atoms with Gasteiger partial charge in [0.2, 0.25) is 4.77 Å². The number of aromatic amines is 1. The molecule has 0 amide bonds. The van der Waals surface area contributed by atoms with Crippen LogP contribution in [-0.2, 0) is 11.2 Å². The van der Waals surface area contributed by atoms with Crippen LogP contribution in [-0.4, -0.2) is 37.3 Å². The highest BCUT2D eigenvalue weighted by molar-refractivity contribution is 7.71. The molecule has 0 bridgehead atoms. The van der Waals surface area contributed by atoms with Gasteiger partial charge in [-0.3, -0.25) is 14.7 Å². The zero-order chi connectivity index (χ0) is 16.1. The summed E-state index contributed by atoms with van der Waals surface area (Å²) in [6, 6.07) is 6.29. The first-order chi connectivity index (χ1) is 10.5. The summed E-state index contributed by atoms with van der Waals surface area (Å²) < 4.78 is 0.907. The van der Waals surface area contributed by atoms with Gasteiger partial charge in [-0.1, -0.05) is 12.1 Å². The minimum Gasteiger partial charge on any atom is -0.508 e. The summed E-state index contributed by atoms with van der Waals surface area (Å²) in [5.41, 5.74) is 0.0238. The lowest BCUT2D eigenvalue weighted by atomic mass is 10.2. The zero-order valence-electron chi connectivity index (χ0n) is 11.3. The van der Waals surface area contributed by atoms with Crippen LogP contribution < -0.4 is 5.56 Å². The molecule has 0 aliphatic heterocycles. The number of benzene rings is 1. The van der Waals surface area contributed by atoms with Crippen molar-refractivity contribution in [2.75, 3.05) is 0 Å². The molecule has 8 nitrogen and oxygen atoms in total. The number of nitrogens with zero attached hydrogens (tertiary/aromatic N) is 3. The molecule has 22 heavy (non-hydrogen) atoms. The number of aromatic hydroxyl groups is 1. The maximum absolute atomic E-state index is 12.1. The Labute approximate surface area is 129 Å². The number of carboxylic acid groups (broad SMARTS) is 1. The number of hydrogen-bond donors (Lipinski definition) is 3. The maximum Gasteiger partial charge on any atom is 0.303 e. The Bertz CT molecular complexity index is 840. The molecular weight excluding hydrogens is 308 g/mol. The highest BCUT2D eigenvalue weighted by atomic mass is 32.1. The summed E-state index contributed by atoms with van der Waals surface area (Å²) in [6.45, 7) is 0. The summed E-state index contributed by atoms with van der Waals surface area (Å²) in [7, 11) is 0. The number of phenolic OH excluding ortho intramolecular Hbond substituents is 1. The maximum atomic E-state index is 12.1. The number of H-pyrrole nitrogens is 1. The number of nitrogens with one attached hydrogen (secondary N) is 1. The predicted octanol–water partition coefficient (Wildman–Crippen LogP) is 0.906. The van der Waals surface area contributed by atoms with Crippen molar-refractivity contribution >= 4 is 24.4 Å². The van der Waals surface area contributed by atoms with Crippen LogP contribution in [0, 0.1) is 4.77 Å².